The molecule has 0 saturated heterocycles. The third-order valence-electron chi connectivity index (χ3n) is 3.32. The minimum absolute atomic E-state index is 0.281. The van der Waals surface area contributed by atoms with Gasteiger partial charge >= 0.3 is 0 Å². The van der Waals surface area contributed by atoms with Gasteiger partial charge in [-0.1, -0.05) is 36.4 Å². The summed E-state index contributed by atoms with van der Waals surface area (Å²) in [5.41, 5.74) is 3.86. The molecule has 2 heteroatoms. The Kier molecular flexibility index (Phi) is 2.65. The van der Waals surface area contributed by atoms with E-state index in [2.05, 4.69) is 53.6 Å². The second kappa shape index (κ2) is 4.30. The topological polar surface area (TPSA) is 24.9 Å². The summed E-state index contributed by atoms with van der Waals surface area (Å²) in [7, 11) is 0. The third kappa shape index (κ3) is 1.96. The van der Waals surface area contributed by atoms with Crippen LogP contribution in [0.4, 0.5) is 0 Å². The molecule has 1 aromatic carbocycles. The monoisotopic (exact) mass is 224 g/mol. The number of rotatable bonds is 1. The van der Waals surface area contributed by atoms with Crippen molar-refractivity contribution in [3.63, 3.8) is 0 Å². The standard InChI is InChI=1S/C15H16N2/c1-11-10-14-13(8-5-9-16-14)15(17-11)12-6-3-2-4-7-12/h2-9,11,15,17H,10H2,1H3. The highest BCUT2D eigenvalue weighted by Gasteiger charge is 2.25. The van der Waals surface area contributed by atoms with Crippen molar-refractivity contribution in [2.45, 2.75) is 25.4 Å². The first kappa shape index (κ1) is 10.5. The Labute approximate surface area is 102 Å². The molecule has 86 valence electrons. The molecule has 0 aliphatic carbocycles. The molecule has 2 atom stereocenters. The van der Waals surface area contributed by atoms with E-state index < -0.39 is 0 Å². The molecule has 0 bridgehead atoms. The SMILES string of the molecule is CC1Cc2ncccc2C(c2ccccc2)N1. The normalized spacial score (nSPS) is 23.1. The minimum Gasteiger partial charge on any atom is -0.303 e. The van der Waals surface area contributed by atoms with Gasteiger partial charge < -0.3 is 5.32 Å². The summed E-state index contributed by atoms with van der Waals surface area (Å²) >= 11 is 0. The molecule has 0 fully saturated rings. The molecule has 0 saturated carbocycles. The Hall–Kier alpha value is -1.67. The number of fused-ring (bicyclic) bond motifs is 1. The zero-order chi connectivity index (χ0) is 11.7. The number of hydrogen-bond acceptors (Lipinski definition) is 2. The van der Waals surface area contributed by atoms with Gasteiger partial charge in [-0.05, 0) is 24.1 Å². The molecule has 17 heavy (non-hydrogen) atoms. The Balaban J connectivity index is 2.07. The van der Waals surface area contributed by atoms with E-state index in [4.69, 9.17) is 0 Å². The number of benzene rings is 1. The zero-order valence-corrected chi connectivity index (χ0v) is 9.93. The lowest BCUT2D eigenvalue weighted by Gasteiger charge is -2.31. The summed E-state index contributed by atoms with van der Waals surface area (Å²) in [4.78, 5) is 4.51. The van der Waals surface area contributed by atoms with Gasteiger partial charge in [0.05, 0.1) is 6.04 Å². The van der Waals surface area contributed by atoms with Gasteiger partial charge in [-0.25, -0.2) is 0 Å². The molecule has 3 rings (SSSR count). The van der Waals surface area contributed by atoms with Gasteiger partial charge in [0.25, 0.3) is 0 Å². The van der Waals surface area contributed by atoms with E-state index in [0.29, 0.717) is 6.04 Å². The van der Waals surface area contributed by atoms with Crippen molar-refractivity contribution < 1.29 is 0 Å². The molecule has 2 nitrogen and oxygen atoms in total. The molecule has 2 heterocycles. The Morgan fingerprint density at radius 1 is 1.12 bits per heavy atom. The number of nitrogens with one attached hydrogen (secondary N) is 1. The van der Waals surface area contributed by atoms with Gasteiger partial charge in [0, 0.05) is 24.4 Å². The molecule has 1 aliphatic heterocycles. The van der Waals surface area contributed by atoms with E-state index in [0.717, 1.165) is 6.42 Å². The maximum atomic E-state index is 4.51. The lowest BCUT2D eigenvalue weighted by Crippen LogP contribution is -2.38. The first-order valence-corrected chi connectivity index (χ1v) is 6.09. The van der Waals surface area contributed by atoms with Crippen LogP contribution in [0.5, 0.6) is 0 Å². The summed E-state index contributed by atoms with van der Waals surface area (Å²) in [5.74, 6) is 0. The quantitative estimate of drug-likeness (QED) is 0.805. The molecule has 0 amide bonds. The average molecular weight is 224 g/mol. The predicted molar refractivity (Wildman–Crippen MR) is 68.8 cm³/mol. The summed E-state index contributed by atoms with van der Waals surface area (Å²) in [5, 5.41) is 3.65. The molecule has 2 aromatic rings. The fourth-order valence-corrected chi connectivity index (χ4v) is 2.53. The van der Waals surface area contributed by atoms with E-state index in [1.165, 1.54) is 16.8 Å². The Morgan fingerprint density at radius 3 is 2.76 bits per heavy atom. The maximum absolute atomic E-state index is 4.51. The Bertz CT molecular complexity index is 507. The lowest BCUT2D eigenvalue weighted by molar-refractivity contribution is 0.457. The van der Waals surface area contributed by atoms with Crippen molar-refractivity contribution in [1.82, 2.24) is 10.3 Å². The van der Waals surface area contributed by atoms with Gasteiger partial charge in [0.2, 0.25) is 0 Å². The average Bonchev–Trinajstić information content (AvgIpc) is 2.39. The fraction of sp³-hybridized carbons (Fsp3) is 0.267. The second-order valence-electron chi connectivity index (χ2n) is 4.65. The van der Waals surface area contributed by atoms with E-state index in [-0.39, 0.29) is 6.04 Å². The van der Waals surface area contributed by atoms with Crippen LogP contribution in [-0.2, 0) is 6.42 Å². The molecule has 1 N–H and O–H groups in total. The van der Waals surface area contributed by atoms with Crippen LogP contribution in [0.15, 0.2) is 48.7 Å². The van der Waals surface area contributed by atoms with Crippen molar-refractivity contribution >= 4 is 0 Å². The van der Waals surface area contributed by atoms with Crippen LogP contribution in [0, 0.1) is 0 Å². The smallest absolute Gasteiger partial charge is 0.0596 e. The molecule has 0 spiro atoms. The van der Waals surface area contributed by atoms with Crippen molar-refractivity contribution in [2.75, 3.05) is 0 Å². The van der Waals surface area contributed by atoms with Crippen LogP contribution >= 0.6 is 0 Å². The fourth-order valence-electron chi connectivity index (χ4n) is 2.53. The van der Waals surface area contributed by atoms with Gasteiger partial charge in [-0.3, -0.25) is 4.98 Å². The van der Waals surface area contributed by atoms with E-state index in [9.17, 15) is 0 Å². The molecule has 0 radical (unpaired) electrons. The van der Waals surface area contributed by atoms with Crippen LogP contribution in [0.2, 0.25) is 0 Å². The van der Waals surface area contributed by atoms with Gasteiger partial charge in [0.15, 0.2) is 0 Å². The molecule has 1 aromatic heterocycles. The molecule has 2 unspecified atom stereocenters. The Morgan fingerprint density at radius 2 is 1.94 bits per heavy atom. The largest absolute Gasteiger partial charge is 0.303 e. The highest BCUT2D eigenvalue weighted by atomic mass is 15.0. The van der Waals surface area contributed by atoms with Crippen LogP contribution in [-0.4, -0.2) is 11.0 Å². The van der Waals surface area contributed by atoms with Gasteiger partial charge in [0.1, 0.15) is 0 Å². The van der Waals surface area contributed by atoms with Crippen molar-refractivity contribution in [3.8, 4) is 0 Å². The number of aromatic nitrogens is 1. The summed E-state index contributed by atoms with van der Waals surface area (Å²) < 4.78 is 0. The summed E-state index contributed by atoms with van der Waals surface area (Å²) in [6.07, 6.45) is 2.90. The second-order valence-corrected chi connectivity index (χ2v) is 4.65. The van der Waals surface area contributed by atoms with E-state index >= 15 is 0 Å². The van der Waals surface area contributed by atoms with Crippen molar-refractivity contribution in [3.05, 3.63) is 65.5 Å². The highest BCUT2D eigenvalue weighted by Crippen LogP contribution is 2.28. The highest BCUT2D eigenvalue weighted by molar-refractivity contribution is 5.36. The number of nitrogens with zero attached hydrogens (tertiary/aromatic N) is 1. The van der Waals surface area contributed by atoms with E-state index in [1.54, 1.807) is 0 Å². The lowest BCUT2D eigenvalue weighted by atomic mass is 9.90. The molecule has 1 aliphatic rings. The predicted octanol–water partition coefficient (Wildman–Crippen LogP) is 2.71. The van der Waals surface area contributed by atoms with Gasteiger partial charge in [-0.2, -0.15) is 0 Å². The molecular formula is C15H16N2. The van der Waals surface area contributed by atoms with Crippen LogP contribution in [0.1, 0.15) is 29.8 Å². The maximum Gasteiger partial charge on any atom is 0.0596 e. The van der Waals surface area contributed by atoms with Crippen molar-refractivity contribution in [2.24, 2.45) is 0 Å². The third-order valence-corrected chi connectivity index (χ3v) is 3.32. The summed E-state index contributed by atoms with van der Waals surface area (Å²) in [6, 6.07) is 15.5. The summed E-state index contributed by atoms with van der Waals surface area (Å²) in [6.45, 7) is 2.22. The van der Waals surface area contributed by atoms with Crippen LogP contribution in [0.3, 0.4) is 0 Å². The minimum atomic E-state index is 0.281. The van der Waals surface area contributed by atoms with Crippen LogP contribution < -0.4 is 5.32 Å². The first-order chi connectivity index (χ1) is 8.34. The van der Waals surface area contributed by atoms with E-state index in [1.807, 2.05) is 12.3 Å². The van der Waals surface area contributed by atoms with Crippen molar-refractivity contribution in [1.29, 1.82) is 0 Å². The molecular weight excluding hydrogens is 208 g/mol. The first-order valence-electron chi connectivity index (χ1n) is 6.09. The zero-order valence-electron chi connectivity index (χ0n) is 9.93. The van der Waals surface area contributed by atoms with Crippen LogP contribution in [0.25, 0.3) is 0 Å². The van der Waals surface area contributed by atoms with Gasteiger partial charge in [-0.15, -0.1) is 0 Å². The number of pyridine rings is 1. The number of hydrogen-bond donors (Lipinski definition) is 1.